The van der Waals surface area contributed by atoms with Crippen molar-refractivity contribution in [3.05, 3.63) is 41.5 Å². The monoisotopic (exact) mass is 366 g/mol. The van der Waals surface area contributed by atoms with E-state index in [0.29, 0.717) is 11.6 Å². The minimum atomic E-state index is -5.08. The van der Waals surface area contributed by atoms with Crippen LogP contribution in [0.5, 0.6) is 0 Å². The number of carboxylic acids is 1. The number of hydrogen-bond acceptors (Lipinski definition) is 3. The molecule has 1 aliphatic rings. The van der Waals surface area contributed by atoms with Gasteiger partial charge in [0, 0.05) is 18.2 Å². The number of rotatable bonds is 3. The van der Waals surface area contributed by atoms with Crippen molar-refractivity contribution in [2.45, 2.75) is 25.1 Å². The van der Waals surface area contributed by atoms with Crippen LogP contribution in [0.3, 0.4) is 0 Å². The lowest BCUT2D eigenvalue weighted by Gasteiger charge is -2.28. The van der Waals surface area contributed by atoms with E-state index in [1.54, 1.807) is 6.08 Å². The van der Waals surface area contributed by atoms with Crippen molar-refractivity contribution in [1.29, 1.82) is 0 Å². The van der Waals surface area contributed by atoms with Gasteiger partial charge in [0.1, 0.15) is 11.6 Å². The molecule has 0 atom stereocenters. The molecule has 0 saturated carbocycles. The van der Waals surface area contributed by atoms with Gasteiger partial charge in [0.05, 0.1) is 0 Å². The number of nitrogens with two attached hydrogens (primary N) is 1. The van der Waals surface area contributed by atoms with E-state index < -0.39 is 23.8 Å². The molecule has 0 amide bonds. The third-order valence-corrected chi connectivity index (χ3v) is 3.49. The van der Waals surface area contributed by atoms with E-state index >= 15 is 0 Å². The van der Waals surface area contributed by atoms with Gasteiger partial charge < -0.3 is 10.8 Å². The van der Waals surface area contributed by atoms with Gasteiger partial charge in [0.15, 0.2) is 0 Å². The molecule has 0 aromatic heterocycles. The lowest BCUT2D eigenvalue weighted by molar-refractivity contribution is -0.192. The predicted molar refractivity (Wildman–Crippen MR) is 82.7 cm³/mol. The fourth-order valence-corrected chi connectivity index (χ4v) is 2.11. The Hall–Kier alpha value is -2.00. The lowest BCUT2D eigenvalue weighted by Crippen LogP contribution is -2.39. The van der Waals surface area contributed by atoms with Crippen molar-refractivity contribution in [2.75, 3.05) is 19.6 Å². The topological polar surface area (TPSA) is 66.6 Å². The molecule has 9 heteroatoms. The fourth-order valence-electron chi connectivity index (χ4n) is 2.11. The number of hydrogen-bond donors (Lipinski definition) is 2. The quantitative estimate of drug-likeness (QED) is 0.807. The number of carboxylic acid groups (broad SMARTS) is 1. The summed E-state index contributed by atoms with van der Waals surface area (Å²) in [6, 6.07) is 3.79. The zero-order valence-corrected chi connectivity index (χ0v) is 13.3. The Morgan fingerprint density at radius 1 is 1.28 bits per heavy atom. The molecule has 1 saturated heterocycles. The van der Waals surface area contributed by atoms with Crippen LogP contribution in [0.4, 0.5) is 22.0 Å². The molecule has 2 rings (SSSR count). The van der Waals surface area contributed by atoms with Crippen LogP contribution in [-0.2, 0) is 4.79 Å². The smallest absolute Gasteiger partial charge is 0.475 e. The highest BCUT2D eigenvalue weighted by Gasteiger charge is 2.38. The Bertz CT molecular complexity index is 597. The third kappa shape index (κ3) is 8.08. The van der Waals surface area contributed by atoms with Crippen LogP contribution in [0.1, 0.15) is 18.4 Å². The summed E-state index contributed by atoms with van der Waals surface area (Å²) in [5.74, 6) is -3.57. The zero-order chi connectivity index (χ0) is 19.0. The highest BCUT2D eigenvalue weighted by atomic mass is 19.4. The van der Waals surface area contributed by atoms with Crippen LogP contribution in [-0.4, -0.2) is 47.8 Å². The average molecular weight is 366 g/mol. The Balaban J connectivity index is 0.000000381. The van der Waals surface area contributed by atoms with E-state index in [-0.39, 0.29) is 0 Å². The van der Waals surface area contributed by atoms with Gasteiger partial charge in [0.2, 0.25) is 0 Å². The van der Waals surface area contributed by atoms with Gasteiger partial charge in [-0.25, -0.2) is 13.6 Å². The average Bonchev–Trinajstić information content (AvgIpc) is 2.52. The molecule has 1 aromatic carbocycles. The van der Waals surface area contributed by atoms with Gasteiger partial charge in [-0.3, -0.25) is 4.90 Å². The second-order valence-corrected chi connectivity index (χ2v) is 5.51. The zero-order valence-electron chi connectivity index (χ0n) is 13.3. The van der Waals surface area contributed by atoms with Gasteiger partial charge in [-0.15, -0.1) is 0 Å². The summed E-state index contributed by atoms with van der Waals surface area (Å²) in [5, 5.41) is 7.12. The van der Waals surface area contributed by atoms with E-state index in [1.807, 2.05) is 6.08 Å². The Kier molecular flexibility index (Phi) is 7.98. The van der Waals surface area contributed by atoms with Crippen molar-refractivity contribution in [1.82, 2.24) is 4.90 Å². The molecule has 1 aromatic rings. The van der Waals surface area contributed by atoms with Gasteiger partial charge in [-0.2, -0.15) is 13.2 Å². The highest BCUT2D eigenvalue weighted by molar-refractivity contribution is 5.73. The summed E-state index contributed by atoms with van der Waals surface area (Å²) in [7, 11) is 0. The molecule has 140 valence electrons. The largest absolute Gasteiger partial charge is 0.490 e. The molecule has 25 heavy (non-hydrogen) atoms. The molecule has 0 spiro atoms. The molecular formula is C16H19F5N2O2. The van der Waals surface area contributed by atoms with Crippen molar-refractivity contribution >= 4 is 12.0 Å². The number of likely N-dealkylation sites (tertiary alicyclic amines) is 1. The molecule has 0 unspecified atom stereocenters. The van der Waals surface area contributed by atoms with Gasteiger partial charge in [-0.1, -0.05) is 12.2 Å². The van der Waals surface area contributed by atoms with Gasteiger partial charge in [0.25, 0.3) is 0 Å². The van der Waals surface area contributed by atoms with Crippen LogP contribution in [0.15, 0.2) is 24.3 Å². The first-order chi connectivity index (χ1) is 11.6. The van der Waals surface area contributed by atoms with Gasteiger partial charge >= 0.3 is 12.1 Å². The highest BCUT2D eigenvalue weighted by Crippen LogP contribution is 2.13. The van der Waals surface area contributed by atoms with E-state index in [9.17, 15) is 22.0 Å². The number of nitrogens with zero attached hydrogens (tertiary/aromatic N) is 1. The third-order valence-electron chi connectivity index (χ3n) is 3.49. The second-order valence-electron chi connectivity index (χ2n) is 5.51. The van der Waals surface area contributed by atoms with Crippen LogP contribution in [0, 0.1) is 11.6 Å². The number of aliphatic carboxylic acids is 1. The molecule has 0 aliphatic carbocycles. The molecule has 3 N–H and O–H groups in total. The van der Waals surface area contributed by atoms with Crippen molar-refractivity contribution in [2.24, 2.45) is 5.73 Å². The summed E-state index contributed by atoms with van der Waals surface area (Å²) in [5.41, 5.74) is 6.11. The predicted octanol–water partition coefficient (Wildman–Crippen LogP) is 3.03. The van der Waals surface area contributed by atoms with E-state index in [1.165, 1.54) is 6.07 Å². The maximum Gasteiger partial charge on any atom is 0.490 e. The lowest BCUT2D eigenvalue weighted by atomic mass is 10.1. The number of piperidine rings is 1. The van der Waals surface area contributed by atoms with E-state index in [4.69, 9.17) is 15.6 Å². The minimum absolute atomic E-state index is 0.295. The standard InChI is InChI=1S/C14H18F2N2.C2HF3O2/c15-12-3-4-14(16)11(10-12)2-1-7-18-8-5-13(17)6-9-18;3-2(4,5)1(6)7/h1-4,10,13H,5-9,17H2;(H,6,7)/b2-1+;. The van der Waals surface area contributed by atoms with Crippen LogP contribution in [0.2, 0.25) is 0 Å². The van der Waals surface area contributed by atoms with Crippen LogP contribution < -0.4 is 5.73 Å². The summed E-state index contributed by atoms with van der Waals surface area (Å²) in [6.45, 7) is 2.69. The molecule has 0 radical (unpaired) electrons. The molecule has 4 nitrogen and oxygen atoms in total. The first-order valence-electron chi connectivity index (χ1n) is 7.49. The Labute approximate surface area is 141 Å². The summed E-state index contributed by atoms with van der Waals surface area (Å²) in [4.78, 5) is 11.2. The fraction of sp³-hybridized carbons (Fsp3) is 0.438. The first-order valence-corrected chi connectivity index (χ1v) is 7.49. The molecular weight excluding hydrogens is 347 g/mol. The molecule has 1 heterocycles. The number of halogens is 5. The number of benzene rings is 1. The maximum absolute atomic E-state index is 13.3. The normalized spacial score (nSPS) is 16.6. The minimum Gasteiger partial charge on any atom is -0.475 e. The molecule has 1 aliphatic heterocycles. The maximum atomic E-state index is 13.3. The molecule has 0 bridgehead atoms. The van der Waals surface area contributed by atoms with Crippen molar-refractivity contribution in [3.8, 4) is 0 Å². The number of alkyl halides is 3. The SMILES string of the molecule is NC1CCN(C/C=C/c2cc(F)ccc2F)CC1.O=C(O)C(F)(F)F. The first kappa shape index (κ1) is 21.0. The number of carbonyl (C=O) groups is 1. The summed E-state index contributed by atoms with van der Waals surface area (Å²) >= 11 is 0. The summed E-state index contributed by atoms with van der Waals surface area (Å²) < 4.78 is 58.0. The van der Waals surface area contributed by atoms with Crippen molar-refractivity contribution in [3.63, 3.8) is 0 Å². The van der Waals surface area contributed by atoms with E-state index in [0.717, 1.165) is 44.6 Å². The van der Waals surface area contributed by atoms with Gasteiger partial charge in [-0.05, 0) is 44.1 Å². The molecule has 1 fully saturated rings. The Morgan fingerprint density at radius 2 is 1.84 bits per heavy atom. The van der Waals surface area contributed by atoms with E-state index in [2.05, 4.69) is 4.90 Å². The van der Waals surface area contributed by atoms with Crippen molar-refractivity contribution < 1.29 is 31.9 Å². The van der Waals surface area contributed by atoms with Crippen LogP contribution >= 0.6 is 0 Å². The Morgan fingerprint density at radius 3 is 2.36 bits per heavy atom. The summed E-state index contributed by atoms with van der Waals surface area (Å²) in [6.07, 6.45) is 0.423. The second kappa shape index (κ2) is 9.47. The van der Waals surface area contributed by atoms with Crippen LogP contribution in [0.25, 0.3) is 6.08 Å².